The highest BCUT2D eigenvalue weighted by Crippen LogP contribution is 2.35. The first kappa shape index (κ1) is 27.3. The van der Waals surface area contributed by atoms with Crippen LogP contribution in [0.1, 0.15) is 64.5 Å². The van der Waals surface area contributed by atoms with Crippen LogP contribution in [0.2, 0.25) is 0 Å². The molecule has 0 saturated carbocycles. The minimum Gasteiger partial charge on any atom is -0.494 e. The number of carbonyl (C=O) groups is 1. The lowest BCUT2D eigenvalue weighted by Crippen LogP contribution is -2.47. The quantitative estimate of drug-likeness (QED) is 0.374. The summed E-state index contributed by atoms with van der Waals surface area (Å²) >= 11 is 0. The van der Waals surface area contributed by atoms with Crippen molar-refractivity contribution in [3.05, 3.63) is 59.7 Å². The summed E-state index contributed by atoms with van der Waals surface area (Å²) in [7, 11) is 0. The van der Waals surface area contributed by atoms with Gasteiger partial charge in [0.2, 0.25) is 0 Å². The Morgan fingerprint density at radius 2 is 1.14 bits per heavy atom. The molecule has 0 spiro atoms. The second-order valence-electron chi connectivity index (χ2n) is 10.5. The topological polar surface area (TPSA) is 78.1 Å². The Morgan fingerprint density at radius 1 is 0.730 bits per heavy atom. The van der Waals surface area contributed by atoms with E-state index < -0.39 is 5.79 Å². The molecule has 0 aliphatic carbocycles. The molecule has 0 unspecified atom stereocenters. The molecule has 0 aromatic heterocycles. The fourth-order valence-electron chi connectivity index (χ4n) is 4.94. The lowest BCUT2D eigenvalue weighted by molar-refractivity contribution is -0.150. The zero-order valence-electron chi connectivity index (χ0n) is 22.6. The Labute approximate surface area is 221 Å². The first-order valence-electron chi connectivity index (χ1n) is 13.7. The molecule has 0 bridgehead atoms. The lowest BCUT2D eigenvalue weighted by atomic mass is 9.92. The van der Waals surface area contributed by atoms with Crippen molar-refractivity contribution < 1.29 is 23.7 Å². The van der Waals surface area contributed by atoms with Gasteiger partial charge in [-0.3, -0.25) is 0 Å². The van der Waals surface area contributed by atoms with E-state index in [4.69, 9.17) is 18.9 Å². The monoisotopic (exact) mass is 510 g/mol. The molecule has 4 atom stereocenters. The van der Waals surface area contributed by atoms with E-state index in [9.17, 15) is 4.79 Å². The number of amides is 2. The minimum absolute atomic E-state index is 0.201. The number of carbonyl (C=O) groups excluding carboxylic acids is 1. The Morgan fingerprint density at radius 3 is 1.51 bits per heavy atom. The maximum Gasteiger partial charge on any atom is 0.315 e. The van der Waals surface area contributed by atoms with Crippen molar-refractivity contribution in [2.24, 2.45) is 0 Å². The first-order valence-corrected chi connectivity index (χ1v) is 13.7. The summed E-state index contributed by atoms with van der Waals surface area (Å²) in [5, 5.41) is 6.28. The number of hydrogen-bond acceptors (Lipinski definition) is 5. The van der Waals surface area contributed by atoms with Crippen LogP contribution in [0.3, 0.4) is 0 Å². The average molecular weight is 511 g/mol. The van der Waals surface area contributed by atoms with E-state index in [1.54, 1.807) is 0 Å². The van der Waals surface area contributed by atoms with Crippen LogP contribution in [0.15, 0.2) is 48.5 Å². The van der Waals surface area contributed by atoms with Gasteiger partial charge in [0.15, 0.2) is 5.79 Å². The highest BCUT2D eigenvalue weighted by Gasteiger charge is 2.50. The Bertz CT molecular complexity index is 915. The van der Waals surface area contributed by atoms with Crippen molar-refractivity contribution in [3.63, 3.8) is 0 Å². The molecule has 0 radical (unpaired) electrons. The van der Waals surface area contributed by atoms with Crippen molar-refractivity contribution in [3.8, 4) is 11.5 Å². The molecule has 37 heavy (non-hydrogen) atoms. The highest BCUT2D eigenvalue weighted by molar-refractivity contribution is 5.75. The van der Waals surface area contributed by atoms with Crippen LogP contribution in [-0.2, 0) is 22.3 Å². The summed E-state index contributed by atoms with van der Waals surface area (Å²) in [6, 6.07) is 15.6. The van der Waals surface area contributed by atoms with Gasteiger partial charge in [0, 0.05) is 0 Å². The largest absolute Gasteiger partial charge is 0.494 e. The maximum atomic E-state index is 12.9. The summed E-state index contributed by atoms with van der Waals surface area (Å²) < 4.78 is 24.3. The number of fused-ring (bicyclic) bond motifs is 1. The summed E-state index contributed by atoms with van der Waals surface area (Å²) in [5.74, 6) is 0.999. The van der Waals surface area contributed by atoms with Gasteiger partial charge in [0.25, 0.3) is 0 Å². The van der Waals surface area contributed by atoms with E-state index in [0.29, 0.717) is 12.8 Å². The average Bonchev–Trinajstić information content (AvgIpc) is 3.15. The van der Waals surface area contributed by atoms with Crippen molar-refractivity contribution in [1.82, 2.24) is 10.6 Å². The van der Waals surface area contributed by atoms with Gasteiger partial charge in [-0.1, -0.05) is 51.0 Å². The van der Waals surface area contributed by atoms with Crippen LogP contribution < -0.4 is 20.1 Å². The van der Waals surface area contributed by atoms with Gasteiger partial charge in [0.1, 0.15) is 23.7 Å². The molecule has 2 N–H and O–H groups in total. The van der Waals surface area contributed by atoms with Gasteiger partial charge >= 0.3 is 6.03 Å². The number of nitrogens with one attached hydrogen (secondary N) is 2. The van der Waals surface area contributed by atoms with E-state index in [1.165, 1.54) is 0 Å². The molecule has 2 heterocycles. The Balaban J connectivity index is 1.44. The van der Waals surface area contributed by atoms with E-state index in [0.717, 1.165) is 61.5 Å². The molecule has 2 aliphatic rings. The molecule has 4 rings (SSSR count). The molecule has 2 aromatic carbocycles. The second-order valence-corrected chi connectivity index (χ2v) is 10.5. The van der Waals surface area contributed by atoms with Crippen molar-refractivity contribution >= 4 is 6.03 Å². The summed E-state index contributed by atoms with van der Waals surface area (Å²) in [4.78, 5) is 12.9. The molecule has 7 heteroatoms. The summed E-state index contributed by atoms with van der Waals surface area (Å²) in [6.07, 6.45) is 5.00. The molecule has 2 fully saturated rings. The summed E-state index contributed by atoms with van der Waals surface area (Å²) in [5.41, 5.74) is 2.22. The zero-order valence-corrected chi connectivity index (χ0v) is 22.6. The Kier molecular flexibility index (Phi) is 9.33. The van der Waals surface area contributed by atoms with E-state index in [1.807, 2.05) is 38.1 Å². The van der Waals surface area contributed by atoms with Gasteiger partial charge in [-0.15, -0.1) is 0 Å². The third-order valence-corrected chi connectivity index (χ3v) is 6.88. The number of rotatable bonds is 12. The van der Waals surface area contributed by atoms with Gasteiger partial charge in [0.05, 0.1) is 25.3 Å². The maximum absolute atomic E-state index is 12.9. The standard InChI is InChI=1S/C30H42N2O5/c1-5-7-17-34-23-13-9-21(10-14-23)19-25-27-28(37-30(3,4)36-27)26(32-29(33)31-25)20-22-11-15-24(16-12-22)35-18-8-6-2/h9-16,25-28H,5-8,17-20H2,1-4H3,(H2,31,32,33)/t25-,26-,27+,28+/m1/s1. The molecule has 2 saturated heterocycles. The normalized spacial score (nSPS) is 24.5. The predicted octanol–water partition coefficient (Wildman–Crippen LogP) is 5.40. The summed E-state index contributed by atoms with van der Waals surface area (Å²) in [6.45, 7) is 9.61. The van der Waals surface area contributed by atoms with Crippen LogP contribution in [-0.4, -0.2) is 49.3 Å². The second kappa shape index (κ2) is 12.7. The van der Waals surface area contributed by atoms with Crippen molar-refractivity contribution in [2.45, 2.75) is 96.3 Å². The van der Waals surface area contributed by atoms with Crippen LogP contribution >= 0.6 is 0 Å². The molecule has 7 nitrogen and oxygen atoms in total. The van der Waals surface area contributed by atoms with Crippen molar-refractivity contribution in [1.29, 1.82) is 0 Å². The molecular weight excluding hydrogens is 468 g/mol. The highest BCUT2D eigenvalue weighted by atomic mass is 16.8. The fourth-order valence-corrected chi connectivity index (χ4v) is 4.94. The molecule has 2 aromatic rings. The smallest absolute Gasteiger partial charge is 0.315 e. The number of urea groups is 1. The van der Waals surface area contributed by atoms with E-state index >= 15 is 0 Å². The molecule has 202 valence electrons. The first-order chi connectivity index (χ1) is 17.9. The number of hydrogen-bond donors (Lipinski definition) is 2. The molecular formula is C30H42N2O5. The van der Waals surface area contributed by atoms with E-state index in [2.05, 4.69) is 48.7 Å². The molecule has 2 aliphatic heterocycles. The number of benzene rings is 2. The van der Waals surface area contributed by atoms with Crippen LogP contribution in [0.5, 0.6) is 11.5 Å². The van der Waals surface area contributed by atoms with Crippen LogP contribution in [0.25, 0.3) is 0 Å². The van der Waals surface area contributed by atoms with Crippen LogP contribution in [0.4, 0.5) is 4.79 Å². The third-order valence-electron chi connectivity index (χ3n) is 6.88. The van der Waals surface area contributed by atoms with E-state index in [-0.39, 0.29) is 30.3 Å². The lowest BCUT2D eigenvalue weighted by Gasteiger charge is -2.26. The Hall–Kier alpha value is -2.77. The minimum atomic E-state index is -0.733. The predicted molar refractivity (Wildman–Crippen MR) is 144 cm³/mol. The van der Waals surface area contributed by atoms with Gasteiger partial charge < -0.3 is 29.6 Å². The fraction of sp³-hybridized carbons (Fsp3) is 0.567. The zero-order chi connectivity index (χ0) is 26.3. The van der Waals surface area contributed by atoms with Gasteiger partial charge in [-0.25, -0.2) is 4.79 Å². The SMILES string of the molecule is CCCCOc1ccc(C[C@H]2NC(=O)N[C@H](Cc3ccc(OCCCC)cc3)[C@@H]3OC(C)(C)O[C@H]32)cc1. The van der Waals surface area contributed by atoms with Crippen molar-refractivity contribution in [2.75, 3.05) is 13.2 Å². The van der Waals surface area contributed by atoms with Gasteiger partial charge in [-0.2, -0.15) is 0 Å². The van der Waals surface area contributed by atoms with Gasteiger partial charge in [-0.05, 0) is 74.9 Å². The van der Waals surface area contributed by atoms with Crippen LogP contribution in [0, 0.1) is 0 Å². The number of ether oxygens (including phenoxy) is 4. The third kappa shape index (κ3) is 7.62. The molecule has 2 amide bonds. The number of unbranched alkanes of at least 4 members (excludes halogenated alkanes) is 2.